The first-order valence-electron chi connectivity index (χ1n) is 7.11. The molecule has 0 unspecified atom stereocenters. The van der Waals surface area contributed by atoms with Gasteiger partial charge in [0.2, 0.25) is 0 Å². The number of hydrogen-bond acceptors (Lipinski definition) is 3. The first kappa shape index (κ1) is 13.9. The van der Waals surface area contributed by atoms with Crippen molar-refractivity contribution in [3.05, 3.63) is 41.9 Å². The average Bonchev–Trinajstić information content (AvgIpc) is 3.02. The summed E-state index contributed by atoms with van der Waals surface area (Å²) in [7, 11) is 0. The van der Waals surface area contributed by atoms with Crippen LogP contribution in [0.4, 0.5) is 0 Å². The van der Waals surface area contributed by atoms with Gasteiger partial charge in [0.25, 0.3) is 0 Å². The highest BCUT2D eigenvalue weighted by Crippen LogP contribution is 2.14. The zero-order valence-corrected chi connectivity index (χ0v) is 11.9. The van der Waals surface area contributed by atoms with Crippen molar-refractivity contribution < 1.29 is 4.42 Å². The Hall–Kier alpha value is -1.55. The molecular formula is C15H23N3O. The van der Waals surface area contributed by atoms with Gasteiger partial charge >= 0.3 is 0 Å². The van der Waals surface area contributed by atoms with Gasteiger partial charge in [0, 0.05) is 30.9 Å². The van der Waals surface area contributed by atoms with Crippen molar-refractivity contribution in [1.82, 2.24) is 14.9 Å². The lowest BCUT2D eigenvalue weighted by Crippen LogP contribution is -2.15. The molecule has 4 heteroatoms. The van der Waals surface area contributed by atoms with E-state index in [4.69, 9.17) is 4.42 Å². The lowest BCUT2D eigenvalue weighted by atomic mass is 10.2. The van der Waals surface area contributed by atoms with Crippen LogP contribution in [0.15, 0.2) is 29.1 Å². The van der Waals surface area contributed by atoms with Crippen LogP contribution in [0.2, 0.25) is 0 Å². The number of aromatic nitrogens is 2. The summed E-state index contributed by atoms with van der Waals surface area (Å²) >= 11 is 0. The predicted molar refractivity (Wildman–Crippen MR) is 76.0 cm³/mol. The number of nitrogens with one attached hydrogen (secondary N) is 1. The number of aryl methyl sites for hydroxylation is 1. The molecule has 0 spiro atoms. The molecule has 19 heavy (non-hydrogen) atoms. The quantitative estimate of drug-likeness (QED) is 0.743. The summed E-state index contributed by atoms with van der Waals surface area (Å²) in [4.78, 5) is 4.40. The third kappa shape index (κ3) is 3.70. The van der Waals surface area contributed by atoms with Crippen LogP contribution in [0.1, 0.15) is 43.8 Å². The van der Waals surface area contributed by atoms with E-state index >= 15 is 0 Å². The predicted octanol–water partition coefficient (Wildman–Crippen LogP) is 2.98. The standard InChI is InChI=1S/C15H23N3O/c1-3-5-15-17-8-9-18(15)12-14-13(6-10-19-14)11-16-7-4-2/h6,8-10,16H,3-5,7,11-12H2,1-2H3. The zero-order valence-electron chi connectivity index (χ0n) is 11.9. The molecule has 0 aliphatic rings. The molecule has 1 N–H and O–H groups in total. The Labute approximate surface area is 114 Å². The number of imidazole rings is 1. The van der Waals surface area contributed by atoms with Crippen molar-refractivity contribution in [1.29, 1.82) is 0 Å². The van der Waals surface area contributed by atoms with E-state index in [1.54, 1.807) is 6.26 Å². The van der Waals surface area contributed by atoms with Gasteiger partial charge in [-0.15, -0.1) is 0 Å². The van der Waals surface area contributed by atoms with Gasteiger partial charge in [-0.2, -0.15) is 0 Å². The lowest BCUT2D eigenvalue weighted by Gasteiger charge is -2.08. The van der Waals surface area contributed by atoms with Crippen LogP contribution < -0.4 is 5.32 Å². The van der Waals surface area contributed by atoms with Crippen LogP contribution in [0, 0.1) is 0 Å². The Morgan fingerprint density at radius 1 is 1.32 bits per heavy atom. The van der Waals surface area contributed by atoms with Crippen molar-refractivity contribution in [2.75, 3.05) is 6.54 Å². The van der Waals surface area contributed by atoms with E-state index in [2.05, 4.69) is 34.8 Å². The van der Waals surface area contributed by atoms with E-state index in [0.29, 0.717) is 0 Å². The fourth-order valence-corrected chi connectivity index (χ4v) is 2.15. The molecule has 2 aromatic heterocycles. The summed E-state index contributed by atoms with van der Waals surface area (Å²) in [6, 6.07) is 2.05. The fraction of sp³-hybridized carbons (Fsp3) is 0.533. The second-order valence-corrected chi connectivity index (χ2v) is 4.77. The summed E-state index contributed by atoms with van der Waals surface area (Å²) < 4.78 is 7.79. The topological polar surface area (TPSA) is 43.0 Å². The van der Waals surface area contributed by atoms with Crippen LogP contribution in [-0.4, -0.2) is 16.1 Å². The molecule has 0 aliphatic heterocycles. The van der Waals surface area contributed by atoms with Crippen molar-refractivity contribution in [3.63, 3.8) is 0 Å². The molecule has 4 nitrogen and oxygen atoms in total. The van der Waals surface area contributed by atoms with Crippen LogP contribution in [0.25, 0.3) is 0 Å². The van der Waals surface area contributed by atoms with E-state index in [-0.39, 0.29) is 0 Å². The van der Waals surface area contributed by atoms with E-state index in [1.165, 1.54) is 5.56 Å². The number of furan rings is 1. The Balaban J connectivity index is 2.02. The van der Waals surface area contributed by atoms with Gasteiger partial charge in [-0.25, -0.2) is 4.98 Å². The number of nitrogens with zero attached hydrogens (tertiary/aromatic N) is 2. The average molecular weight is 261 g/mol. The highest BCUT2D eigenvalue weighted by atomic mass is 16.3. The molecule has 0 radical (unpaired) electrons. The maximum atomic E-state index is 5.61. The Bertz CT molecular complexity index is 487. The molecule has 2 rings (SSSR count). The first-order chi connectivity index (χ1) is 9.35. The second-order valence-electron chi connectivity index (χ2n) is 4.77. The van der Waals surface area contributed by atoms with Gasteiger partial charge in [-0.05, 0) is 25.5 Å². The third-order valence-corrected chi connectivity index (χ3v) is 3.17. The summed E-state index contributed by atoms with van der Waals surface area (Å²) in [5, 5.41) is 3.41. The highest BCUT2D eigenvalue weighted by molar-refractivity contribution is 5.17. The van der Waals surface area contributed by atoms with Gasteiger partial charge in [0.15, 0.2) is 0 Å². The number of hydrogen-bond donors (Lipinski definition) is 1. The van der Waals surface area contributed by atoms with E-state index in [9.17, 15) is 0 Å². The van der Waals surface area contributed by atoms with Crippen molar-refractivity contribution in [2.45, 2.75) is 46.2 Å². The molecule has 2 aromatic rings. The van der Waals surface area contributed by atoms with Gasteiger partial charge in [0.05, 0.1) is 12.8 Å². The maximum absolute atomic E-state index is 5.61. The van der Waals surface area contributed by atoms with Crippen LogP contribution in [0.5, 0.6) is 0 Å². The molecule has 0 bridgehead atoms. The van der Waals surface area contributed by atoms with Crippen molar-refractivity contribution >= 4 is 0 Å². The SMILES string of the molecule is CCCNCc1ccoc1Cn1ccnc1CCC. The van der Waals surface area contributed by atoms with Crippen LogP contribution in [-0.2, 0) is 19.5 Å². The summed E-state index contributed by atoms with van der Waals surface area (Å²) in [6.45, 7) is 7.03. The van der Waals surface area contributed by atoms with Gasteiger partial charge in [0.1, 0.15) is 11.6 Å². The minimum Gasteiger partial charge on any atom is -0.467 e. The Morgan fingerprint density at radius 3 is 3.00 bits per heavy atom. The minimum atomic E-state index is 0.769. The lowest BCUT2D eigenvalue weighted by molar-refractivity contribution is 0.480. The molecule has 0 atom stereocenters. The summed E-state index contributed by atoms with van der Waals surface area (Å²) in [6.07, 6.45) is 8.93. The molecular weight excluding hydrogens is 238 g/mol. The van der Waals surface area contributed by atoms with Crippen molar-refractivity contribution in [2.24, 2.45) is 0 Å². The van der Waals surface area contributed by atoms with Crippen molar-refractivity contribution in [3.8, 4) is 0 Å². The van der Waals surface area contributed by atoms with Crippen LogP contribution >= 0.6 is 0 Å². The summed E-state index contributed by atoms with van der Waals surface area (Å²) in [5.74, 6) is 2.16. The Kier molecular flexibility index (Phi) is 5.21. The largest absolute Gasteiger partial charge is 0.467 e. The monoisotopic (exact) mass is 261 g/mol. The molecule has 0 aromatic carbocycles. The molecule has 0 saturated heterocycles. The van der Waals surface area contributed by atoms with E-state index < -0.39 is 0 Å². The Morgan fingerprint density at radius 2 is 2.21 bits per heavy atom. The molecule has 0 saturated carbocycles. The molecule has 0 amide bonds. The molecule has 0 aliphatic carbocycles. The van der Waals surface area contributed by atoms with E-state index in [0.717, 1.165) is 50.5 Å². The van der Waals surface area contributed by atoms with E-state index in [1.807, 2.05) is 12.4 Å². The smallest absolute Gasteiger partial charge is 0.127 e. The molecule has 104 valence electrons. The summed E-state index contributed by atoms with van der Waals surface area (Å²) in [5.41, 5.74) is 1.24. The normalized spacial score (nSPS) is 11.1. The molecule has 0 fully saturated rings. The second kappa shape index (κ2) is 7.14. The maximum Gasteiger partial charge on any atom is 0.127 e. The van der Waals surface area contributed by atoms with Gasteiger partial charge in [-0.3, -0.25) is 0 Å². The van der Waals surface area contributed by atoms with Gasteiger partial charge in [-0.1, -0.05) is 13.8 Å². The third-order valence-electron chi connectivity index (χ3n) is 3.17. The fourth-order valence-electron chi connectivity index (χ4n) is 2.15. The van der Waals surface area contributed by atoms with Crippen LogP contribution in [0.3, 0.4) is 0 Å². The number of rotatable bonds is 8. The highest BCUT2D eigenvalue weighted by Gasteiger charge is 2.09. The first-order valence-corrected chi connectivity index (χ1v) is 7.11. The van der Waals surface area contributed by atoms with Gasteiger partial charge < -0.3 is 14.3 Å². The minimum absolute atomic E-state index is 0.769. The zero-order chi connectivity index (χ0) is 13.5. The molecule has 2 heterocycles.